The van der Waals surface area contributed by atoms with Gasteiger partial charge in [-0.1, -0.05) is 27.7 Å². The van der Waals surface area contributed by atoms with Crippen LogP contribution in [-0.2, 0) is 28.6 Å². The first kappa shape index (κ1) is 55.5. The van der Waals surface area contributed by atoms with E-state index in [0.717, 1.165) is 38.5 Å². The van der Waals surface area contributed by atoms with E-state index in [4.69, 9.17) is 32.5 Å². The number of nitrogens with zero attached hydrogens (tertiary/aromatic N) is 2. The molecule has 434 valence electrons. The van der Waals surface area contributed by atoms with E-state index in [2.05, 4.69) is 16.9 Å². The third-order valence-corrected chi connectivity index (χ3v) is 21.2. The van der Waals surface area contributed by atoms with Crippen LogP contribution in [0, 0.1) is 63.1 Å². The number of hydrogen-bond acceptors (Lipinski definition) is 19. The molecule has 7 saturated carbocycles. The highest BCUT2D eigenvalue weighted by Crippen LogP contribution is 2.69. The molecule has 7 fully saturated rings. The van der Waals surface area contributed by atoms with Crippen molar-refractivity contribution in [1.82, 2.24) is 9.97 Å². The predicted octanol–water partition coefficient (Wildman–Crippen LogP) is 6.97. The van der Waals surface area contributed by atoms with Crippen LogP contribution in [0.4, 0.5) is 0 Å². The van der Waals surface area contributed by atoms with Crippen molar-refractivity contribution < 1.29 is 72.4 Å². The third-order valence-electron chi connectivity index (χ3n) is 21.2. The summed E-state index contributed by atoms with van der Waals surface area (Å²) in [6, 6.07) is 10.1. The summed E-state index contributed by atoms with van der Waals surface area (Å²) in [5, 5.41) is 56.2. The lowest BCUT2D eigenvalue weighted by Crippen LogP contribution is -2.71. The van der Waals surface area contributed by atoms with Gasteiger partial charge in [-0.3, -0.25) is 24.4 Å². The van der Waals surface area contributed by atoms with Gasteiger partial charge in [-0.25, -0.2) is 9.59 Å². The van der Waals surface area contributed by atoms with Gasteiger partial charge in [0.25, 0.3) is 0 Å². The Morgan fingerprint density at radius 3 is 1.56 bits per heavy atom. The Hall–Kier alpha value is -5.99. The van der Waals surface area contributed by atoms with Gasteiger partial charge in [0.15, 0.2) is 0 Å². The molecule has 7 aliphatic carbocycles. The Morgan fingerprint density at radius 2 is 1.06 bits per heavy atom. The highest BCUT2D eigenvalue weighted by Gasteiger charge is 2.72. The lowest BCUT2D eigenvalue weighted by atomic mass is 9.42. The van der Waals surface area contributed by atoms with Gasteiger partial charge in [0.2, 0.25) is 0 Å². The monoisotopic (exact) mass is 1120 g/mol. The maximum absolute atomic E-state index is 13.7. The molecule has 0 bridgehead atoms. The van der Waals surface area contributed by atoms with Gasteiger partial charge in [0.1, 0.15) is 64.2 Å². The third kappa shape index (κ3) is 9.04. The molecule has 81 heavy (non-hydrogen) atoms. The predicted molar refractivity (Wildman–Crippen MR) is 286 cm³/mol. The van der Waals surface area contributed by atoms with E-state index in [0.29, 0.717) is 49.7 Å². The number of esters is 3. The van der Waals surface area contributed by atoms with Crippen LogP contribution in [0.15, 0.2) is 79.6 Å². The number of carbonyl (C=O) groups excluding carboxylic acids is 3. The summed E-state index contributed by atoms with van der Waals surface area (Å²) < 4.78 is 43.0. The van der Waals surface area contributed by atoms with Crippen molar-refractivity contribution in [3.8, 4) is 34.1 Å². The summed E-state index contributed by atoms with van der Waals surface area (Å²) in [7, 11) is 0. The van der Waals surface area contributed by atoms with Crippen molar-refractivity contribution in [1.29, 1.82) is 0 Å². The summed E-state index contributed by atoms with van der Waals surface area (Å²) in [6.07, 6.45) is 8.08. The number of fused-ring (bicyclic) bond motifs is 8. The molecule has 4 aromatic heterocycles. The first-order valence-electron chi connectivity index (χ1n) is 28.9. The van der Waals surface area contributed by atoms with Crippen molar-refractivity contribution in [3.05, 3.63) is 93.2 Å². The summed E-state index contributed by atoms with van der Waals surface area (Å²) >= 11 is 0. The van der Waals surface area contributed by atoms with E-state index in [9.17, 15) is 49.5 Å². The van der Waals surface area contributed by atoms with Crippen LogP contribution >= 0.6 is 0 Å². The molecule has 9 aliphatic rings. The fourth-order valence-electron chi connectivity index (χ4n) is 16.2. The number of hydrogen-bond donors (Lipinski definition) is 5. The molecule has 6 heterocycles. The first-order chi connectivity index (χ1) is 38.5. The molecule has 5 N–H and O–H groups in total. The second kappa shape index (κ2) is 19.8. The number of pyridine rings is 2. The smallest absolute Gasteiger partial charge is 0.345 e. The second-order valence-corrected chi connectivity index (χ2v) is 26.4. The molecule has 4 unspecified atom stereocenters. The molecular formula is C62H74N2O17. The van der Waals surface area contributed by atoms with Crippen LogP contribution in [0.3, 0.4) is 0 Å². The molecule has 0 aromatic carbocycles. The quantitative estimate of drug-likeness (QED) is 0.0791. The van der Waals surface area contributed by atoms with Gasteiger partial charge in [0, 0.05) is 70.7 Å². The van der Waals surface area contributed by atoms with Crippen molar-refractivity contribution in [3.63, 3.8) is 0 Å². The average molecular weight is 1120 g/mol. The SMILES string of the molecule is C[C@]12CC[C@H](O)[C@](C)(CO)C1C[C@H](O)[C@@]1(C)Oc3cc(-c4cccnc4)oc(=O)c3[C@H](O)C21.C[C@]12CC[C@H](OC(=O)C3CC3)[C@](C)(COC(=O)C3CC3)C1C[C@H](OC(=O)C1CC1)[C@@]1(C)Oc3cc(-c4cccnc4)oc(=O)c3[C@H](O)C21. The lowest BCUT2D eigenvalue weighted by Gasteiger charge is -2.66. The first-order valence-corrected chi connectivity index (χ1v) is 28.9. The van der Waals surface area contributed by atoms with E-state index in [1.54, 1.807) is 68.1 Å². The number of aliphatic hydroxyl groups excluding tert-OH is 5. The lowest BCUT2D eigenvalue weighted by molar-refractivity contribution is -0.272. The van der Waals surface area contributed by atoms with E-state index in [1.807, 2.05) is 27.7 Å². The van der Waals surface area contributed by atoms with Gasteiger partial charge in [0.05, 0.1) is 48.8 Å². The summed E-state index contributed by atoms with van der Waals surface area (Å²) in [4.78, 5) is 74.2. The average Bonchev–Trinajstić information content (AvgIpc) is 3.96. The van der Waals surface area contributed by atoms with Crippen LogP contribution in [0.2, 0.25) is 0 Å². The van der Waals surface area contributed by atoms with Gasteiger partial charge < -0.3 is 58.1 Å². The number of carbonyl (C=O) groups is 3. The largest absolute Gasteiger partial charge is 0.484 e. The topological polar surface area (TPSA) is 285 Å². The standard InChI is InChI=1S/C37H43NO10.C25H31NO7/c1-35-13-12-26(46-32(41)20-8-9-20)36(2,18-44-31(40)19-6-7-19)25(35)16-27(47-33(42)21-10-11-21)37(3)30(35)29(39)28-24(48-37)15-23(45-34(28)43)22-5-4-14-38-17-22;1-23-7-6-17(28)24(2,12-27)16(23)10-18(29)25(3)21(23)20(30)19-15(33-25)9-14(32-22(19)31)13-5-4-8-26-11-13/h4-5,14-15,17,19-21,25-27,29-30,39H,6-13,16,18H2,1-3H3;4-5,8-9,11,16-18,20-21,27-30H,6-7,10,12H2,1-3H3/t25?,26-,27-,29-,30?,35-,36+,37+;16?,17-,18-,20-,21?,23-,24+,25+/m00/s1. The minimum Gasteiger partial charge on any atom is -0.484 e. The van der Waals surface area contributed by atoms with Crippen molar-refractivity contribution in [2.75, 3.05) is 13.2 Å². The molecule has 19 heteroatoms. The van der Waals surface area contributed by atoms with Crippen LogP contribution in [0.5, 0.6) is 11.5 Å². The normalized spacial score (nSPS) is 38.9. The zero-order chi connectivity index (χ0) is 57.3. The van der Waals surface area contributed by atoms with Crippen LogP contribution in [-0.4, -0.2) is 102 Å². The highest BCUT2D eigenvalue weighted by molar-refractivity contribution is 5.76. The summed E-state index contributed by atoms with van der Waals surface area (Å²) in [5.74, 6) is -2.33. The van der Waals surface area contributed by atoms with Gasteiger partial charge in [-0.15, -0.1) is 0 Å². The van der Waals surface area contributed by atoms with E-state index < -0.39 is 92.6 Å². The van der Waals surface area contributed by atoms with Gasteiger partial charge in [-0.2, -0.15) is 0 Å². The Balaban J connectivity index is 0.000000172. The minimum atomic E-state index is -1.32. The Kier molecular flexibility index (Phi) is 13.6. The number of aromatic nitrogens is 2. The zero-order valence-electron chi connectivity index (χ0n) is 46.7. The van der Waals surface area contributed by atoms with E-state index in [1.165, 1.54) is 0 Å². The van der Waals surface area contributed by atoms with Crippen molar-refractivity contribution in [2.24, 2.45) is 63.1 Å². The summed E-state index contributed by atoms with van der Waals surface area (Å²) in [5.41, 5.74) is -5.62. The van der Waals surface area contributed by atoms with E-state index in [-0.39, 0.29) is 94.9 Å². The van der Waals surface area contributed by atoms with Gasteiger partial charge in [-0.05, 0) is 138 Å². The van der Waals surface area contributed by atoms with Crippen molar-refractivity contribution in [2.45, 2.75) is 166 Å². The number of ether oxygens (including phenoxy) is 5. The molecule has 4 aromatic rings. The van der Waals surface area contributed by atoms with Crippen LogP contribution in [0.1, 0.15) is 142 Å². The minimum absolute atomic E-state index is 0.0160. The molecular weight excluding hydrogens is 1040 g/mol. The molecule has 13 rings (SSSR count). The fourth-order valence-corrected chi connectivity index (χ4v) is 16.2. The van der Waals surface area contributed by atoms with Gasteiger partial charge >= 0.3 is 29.2 Å². The zero-order valence-corrected chi connectivity index (χ0v) is 46.7. The van der Waals surface area contributed by atoms with Crippen LogP contribution in [0.25, 0.3) is 22.6 Å². The molecule has 2 aliphatic heterocycles. The highest BCUT2D eigenvalue weighted by atomic mass is 16.6. The van der Waals surface area contributed by atoms with Crippen LogP contribution < -0.4 is 20.7 Å². The molecule has 0 spiro atoms. The molecule has 0 saturated heterocycles. The Labute approximate surface area is 468 Å². The maximum Gasteiger partial charge on any atom is 0.345 e. The Bertz CT molecular complexity index is 3230. The van der Waals surface area contributed by atoms with Crippen molar-refractivity contribution >= 4 is 17.9 Å². The number of rotatable bonds is 10. The second-order valence-electron chi connectivity index (χ2n) is 26.4. The molecule has 16 atom stereocenters. The fraction of sp³-hybridized carbons (Fsp3) is 0.629. The van der Waals surface area contributed by atoms with E-state index >= 15 is 0 Å². The molecule has 0 radical (unpaired) electrons. The maximum atomic E-state index is 13.7. The molecule has 19 nitrogen and oxygen atoms in total. The Morgan fingerprint density at radius 1 is 0.593 bits per heavy atom. The summed E-state index contributed by atoms with van der Waals surface area (Å²) in [6.45, 7) is 11.3. The number of aliphatic hydroxyl groups is 5. The molecule has 0 amide bonds.